The van der Waals surface area contributed by atoms with Crippen molar-refractivity contribution >= 4 is 11.6 Å². The van der Waals surface area contributed by atoms with E-state index in [9.17, 15) is 5.11 Å². The van der Waals surface area contributed by atoms with Crippen molar-refractivity contribution < 1.29 is 5.11 Å². The van der Waals surface area contributed by atoms with Crippen LogP contribution in [-0.2, 0) is 0 Å². The zero-order valence-electron chi connectivity index (χ0n) is 9.92. The fourth-order valence-corrected chi connectivity index (χ4v) is 2.58. The molecule has 2 saturated heterocycles. The summed E-state index contributed by atoms with van der Waals surface area (Å²) >= 11 is 0. The molecule has 0 spiro atoms. The van der Waals surface area contributed by atoms with Crippen molar-refractivity contribution in [2.75, 3.05) is 36.0 Å². The van der Waals surface area contributed by atoms with Gasteiger partial charge in [0.1, 0.15) is 18.0 Å². The molecule has 92 valence electrons. The summed E-state index contributed by atoms with van der Waals surface area (Å²) in [5, 5.41) is 9.55. The Hall–Kier alpha value is -1.36. The highest BCUT2D eigenvalue weighted by Crippen LogP contribution is 2.23. The third-order valence-corrected chi connectivity index (χ3v) is 3.56. The smallest absolute Gasteiger partial charge is 0.134 e. The Morgan fingerprint density at radius 3 is 2.41 bits per heavy atom. The van der Waals surface area contributed by atoms with E-state index in [0.29, 0.717) is 6.54 Å². The van der Waals surface area contributed by atoms with E-state index in [1.54, 1.807) is 6.33 Å². The first-order chi connectivity index (χ1) is 8.33. The molecule has 1 N–H and O–H groups in total. The number of hydrogen-bond acceptors (Lipinski definition) is 5. The van der Waals surface area contributed by atoms with Gasteiger partial charge in [-0.05, 0) is 19.3 Å². The maximum absolute atomic E-state index is 9.55. The van der Waals surface area contributed by atoms with Crippen molar-refractivity contribution in [1.82, 2.24) is 9.97 Å². The minimum absolute atomic E-state index is 0.208. The van der Waals surface area contributed by atoms with Gasteiger partial charge in [0, 0.05) is 32.2 Å². The molecule has 2 fully saturated rings. The molecule has 0 aliphatic carbocycles. The largest absolute Gasteiger partial charge is 0.391 e. The highest BCUT2D eigenvalue weighted by Gasteiger charge is 2.22. The zero-order valence-corrected chi connectivity index (χ0v) is 9.92. The van der Waals surface area contributed by atoms with E-state index in [1.165, 1.54) is 12.8 Å². The van der Waals surface area contributed by atoms with Crippen molar-refractivity contribution in [3.63, 3.8) is 0 Å². The van der Waals surface area contributed by atoms with Crippen LogP contribution < -0.4 is 9.80 Å². The molecular weight excluding hydrogens is 216 g/mol. The van der Waals surface area contributed by atoms with E-state index in [2.05, 4.69) is 19.8 Å². The normalized spacial score (nSPS) is 24.6. The van der Waals surface area contributed by atoms with Crippen LogP contribution in [0.4, 0.5) is 11.6 Å². The summed E-state index contributed by atoms with van der Waals surface area (Å²) in [7, 11) is 0. The summed E-state index contributed by atoms with van der Waals surface area (Å²) in [6, 6.07) is 2.04. The van der Waals surface area contributed by atoms with Gasteiger partial charge in [0.2, 0.25) is 0 Å². The Morgan fingerprint density at radius 2 is 1.76 bits per heavy atom. The van der Waals surface area contributed by atoms with Crippen LogP contribution in [-0.4, -0.2) is 47.4 Å². The SMILES string of the molecule is OC1CCN(c2cc(N3CCCC3)ncn2)C1. The predicted octanol–water partition coefficient (Wildman–Crippen LogP) is 0.648. The van der Waals surface area contributed by atoms with E-state index in [-0.39, 0.29) is 6.10 Å². The summed E-state index contributed by atoms with van der Waals surface area (Å²) in [5.74, 6) is 1.97. The Balaban J connectivity index is 1.78. The average Bonchev–Trinajstić information content (AvgIpc) is 3.00. The molecule has 1 unspecified atom stereocenters. The maximum Gasteiger partial charge on any atom is 0.134 e. The highest BCUT2D eigenvalue weighted by atomic mass is 16.3. The molecule has 1 aromatic heterocycles. The number of aromatic nitrogens is 2. The number of nitrogens with zero attached hydrogens (tertiary/aromatic N) is 4. The van der Waals surface area contributed by atoms with Gasteiger partial charge in [-0.2, -0.15) is 0 Å². The van der Waals surface area contributed by atoms with Gasteiger partial charge >= 0.3 is 0 Å². The second-order valence-electron chi connectivity index (χ2n) is 4.82. The minimum atomic E-state index is -0.208. The quantitative estimate of drug-likeness (QED) is 0.814. The van der Waals surface area contributed by atoms with E-state index in [4.69, 9.17) is 0 Å². The molecule has 0 aromatic carbocycles. The molecule has 1 aromatic rings. The zero-order chi connectivity index (χ0) is 11.7. The lowest BCUT2D eigenvalue weighted by atomic mass is 10.3. The van der Waals surface area contributed by atoms with Crippen LogP contribution in [0.3, 0.4) is 0 Å². The lowest BCUT2D eigenvalue weighted by molar-refractivity contribution is 0.198. The molecule has 0 radical (unpaired) electrons. The molecule has 3 heterocycles. The fraction of sp³-hybridized carbons (Fsp3) is 0.667. The lowest BCUT2D eigenvalue weighted by Crippen LogP contribution is -2.24. The van der Waals surface area contributed by atoms with Gasteiger partial charge < -0.3 is 14.9 Å². The monoisotopic (exact) mass is 234 g/mol. The topological polar surface area (TPSA) is 52.5 Å². The van der Waals surface area contributed by atoms with Crippen LogP contribution in [0, 0.1) is 0 Å². The summed E-state index contributed by atoms with van der Waals surface area (Å²) < 4.78 is 0. The summed E-state index contributed by atoms with van der Waals surface area (Å²) in [6.45, 7) is 3.77. The van der Waals surface area contributed by atoms with Gasteiger partial charge in [-0.1, -0.05) is 0 Å². The van der Waals surface area contributed by atoms with Crippen LogP contribution in [0.2, 0.25) is 0 Å². The van der Waals surface area contributed by atoms with E-state index >= 15 is 0 Å². The Bertz CT molecular complexity index is 392. The average molecular weight is 234 g/mol. The molecule has 5 heteroatoms. The summed E-state index contributed by atoms with van der Waals surface area (Å²) in [5.41, 5.74) is 0. The molecule has 1 atom stereocenters. The number of aliphatic hydroxyl groups is 1. The Kier molecular flexibility index (Phi) is 2.84. The van der Waals surface area contributed by atoms with Gasteiger partial charge in [-0.25, -0.2) is 9.97 Å². The van der Waals surface area contributed by atoms with Gasteiger partial charge in [0.25, 0.3) is 0 Å². The molecule has 0 amide bonds. The van der Waals surface area contributed by atoms with E-state index < -0.39 is 0 Å². The van der Waals surface area contributed by atoms with Gasteiger partial charge in [-0.15, -0.1) is 0 Å². The van der Waals surface area contributed by atoms with Crippen molar-refractivity contribution in [2.45, 2.75) is 25.4 Å². The lowest BCUT2D eigenvalue weighted by Gasteiger charge is -2.20. The molecule has 17 heavy (non-hydrogen) atoms. The second kappa shape index (κ2) is 4.49. The summed E-state index contributed by atoms with van der Waals surface area (Å²) in [4.78, 5) is 13.1. The van der Waals surface area contributed by atoms with Crippen LogP contribution in [0.5, 0.6) is 0 Å². The first kappa shape index (κ1) is 10.8. The summed E-state index contributed by atoms with van der Waals surface area (Å²) in [6.07, 6.45) is 4.76. The molecule has 3 rings (SSSR count). The molecule has 5 nitrogen and oxygen atoms in total. The number of β-amino-alcohol motifs (C(OH)–C–C–N with tert-alkyl or cyclic N) is 1. The molecule has 2 aliphatic heterocycles. The predicted molar refractivity (Wildman–Crippen MR) is 66.3 cm³/mol. The van der Waals surface area contributed by atoms with Crippen LogP contribution in [0.15, 0.2) is 12.4 Å². The minimum Gasteiger partial charge on any atom is -0.391 e. The molecule has 0 bridgehead atoms. The first-order valence-corrected chi connectivity index (χ1v) is 6.33. The maximum atomic E-state index is 9.55. The fourth-order valence-electron chi connectivity index (χ4n) is 2.58. The molecular formula is C12H18N4O. The third kappa shape index (κ3) is 2.20. The van der Waals surface area contributed by atoms with Gasteiger partial charge in [0.15, 0.2) is 0 Å². The van der Waals surface area contributed by atoms with Gasteiger partial charge in [0.05, 0.1) is 6.10 Å². The van der Waals surface area contributed by atoms with E-state index in [1.807, 2.05) is 6.07 Å². The Labute approximate surface area is 101 Å². The van der Waals surface area contributed by atoms with Crippen molar-refractivity contribution in [1.29, 1.82) is 0 Å². The van der Waals surface area contributed by atoms with Crippen molar-refractivity contribution in [3.8, 4) is 0 Å². The standard InChI is InChI=1S/C12H18N4O/c17-10-3-6-16(8-10)12-7-11(13-9-14-12)15-4-1-2-5-15/h7,9-10,17H,1-6,8H2. The van der Waals surface area contributed by atoms with Gasteiger partial charge in [-0.3, -0.25) is 0 Å². The number of aliphatic hydroxyl groups excluding tert-OH is 1. The van der Waals surface area contributed by atoms with Crippen LogP contribution in [0.25, 0.3) is 0 Å². The number of hydrogen-bond donors (Lipinski definition) is 1. The second-order valence-corrected chi connectivity index (χ2v) is 4.82. The highest BCUT2D eigenvalue weighted by molar-refractivity contribution is 5.51. The first-order valence-electron chi connectivity index (χ1n) is 6.33. The number of rotatable bonds is 2. The van der Waals surface area contributed by atoms with Crippen LogP contribution >= 0.6 is 0 Å². The Morgan fingerprint density at radius 1 is 1.06 bits per heavy atom. The van der Waals surface area contributed by atoms with Crippen molar-refractivity contribution in [3.05, 3.63) is 12.4 Å². The molecule has 0 saturated carbocycles. The van der Waals surface area contributed by atoms with Crippen LogP contribution in [0.1, 0.15) is 19.3 Å². The third-order valence-electron chi connectivity index (χ3n) is 3.56. The van der Waals surface area contributed by atoms with E-state index in [0.717, 1.165) is 37.7 Å². The number of anilines is 2. The molecule has 2 aliphatic rings. The van der Waals surface area contributed by atoms with Crippen molar-refractivity contribution in [2.24, 2.45) is 0 Å².